The lowest BCUT2D eigenvalue weighted by Gasteiger charge is -2.23. The summed E-state index contributed by atoms with van der Waals surface area (Å²) in [4.78, 5) is 19.5. The summed E-state index contributed by atoms with van der Waals surface area (Å²) in [6.45, 7) is 1.95. The summed E-state index contributed by atoms with van der Waals surface area (Å²) in [7, 11) is 0. The maximum absolute atomic E-state index is 11.6. The number of nitrogens with zero attached hydrogens (tertiary/aromatic N) is 3. The van der Waals surface area contributed by atoms with Crippen molar-refractivity contribution < 1.29 is 4.92 Å². The van der Waals surface area contributed by atoms with Gasteiger partial charge in [0.05, 0.1) is 11.0 Å². The van der Waals surface area contributed by atoms with Crippen LogP contribution >= 0.6 is 0 Å². The lowest BCUT2D eigenvalue weighted by atomic mass is 9.95. The zero-order valence-electron chi connectivity index (χ0n) is 14.3. The number of hydrogen-bond acceptors (Lipinski definition) is 6. The summed E-state index contributed by atoms with van der Waals surface area (Å²) in [5.74, 6) is 0.546. The van der Waals surface area contributed by atoms with E-state index in [0.29, 0.717) is 5.82 Å². The summed E-state index contributed by atoms with van der Waals surface area (Å²) >= 11 is 0. The van der Waals surface area contributed by atoms with Crippen molar-refractivity contribution in [3.05, 3.63) is 52.3 Å². The molecule has 1 aliphatic rings. The van der Waals surface area contributed by atoms with Gasteiger partial charge in [-0.3, -0.25) is 10.1 Å². The number of rotatable bonds is 6. The van der Waals surface area contributed by atoms with Crippen LogP contribution in [0.15, 0.2) is 36.7 Å². The van der Waals surface area contributed by atoms with Gasteiger partial charge in [-0.15, -0.1) is 0 Å². The lowest BCUT2D eigenvalue weighted by molar-refractivity contribution is -0.383. The first-order valence-electron chi connectivity index (χ1n) is 8.72. The van der Waals surface area contributed by atoms with Gasteiger partial charge in [0.25, 0.3) is 0 Å². The van der Waals surface area contributed by atoms with E-state index >= 15 is 0 Å². The van der Waals surface area contributed by atoms with Crippen LogP contribution in [0.2, 0.25) is 0 Å². The number of aromatic nitrogens is 2. The van der Waals surface area contributed by atoms with Crippen LogP contribution in [0.25, 0.3) is 0 Å². The van der Waals surface area contributed by atoms with Gasteiger partial charge < -0.3 is 10.6 Å². The van der Waals surface area contributed by atoms with Crippen molar-refractivity contribution in [1.82, 2.24) is 9.97 Å². The molecule has 1 aromatic heterocycles. The predicted molar refractivity (Wildman–Crippen MR) is 97.7 cm³/mol. The Morgan fingerprint density at radius 2 is 1.80 bits per heavy atom. The standard InChI is InChI=1S/C18H23N5O2/c1-13(14-8-4-2-5-9-14)21-17-16(23(24)25)18(20-12-19-17)22-15-10-6-3-7-11-15/h2,4-5,8-9,12-13,15H,3,6-7,10-11H2,1H3,(H2,19,20,21,22). The van der Waals surface area contributed by atoms with E-state index in [1.165, 1.54) is 12.7 Å². The highest BCUT2D eigenvalue weighted by atomic mass is 16.6. The molecular formula is C18H23N5O2. The van der Waals surface area contributed by atoms with E-state index in [9.17, 15) is 10.1 Å². The van der Waals surface area contributed by atoms with E-state index < -0.39 is 4.92 Å². The van der Waals surface area contributed by atoms with E-state index in [1.807, 2.05) is 37.3 Å². The van der Waals surface area contributed by atoms with Gasteiger partial charge in [-0.25, -0.2) is 9.97 Å². The van der Waals surface area contributed by atoms with Crippen LogP contribution in [-0.2, 0) is 0 Å². The first-order chi connectivity index (χ1) is 12.1. The zero-order valence-corrected chi connectivity index (χ0v) is 14.3. The predicted octanol–water partition coefficient (Wildman–Crippen LogP) is 4.30. The molecular weight excluding hydrogens is 318 g/mol. The van der Waals surface area contributed by atoms with Crippen molar-refractivity contribution in [2.75, 3.05) is 10.6 Å². The molecule has 1 atom stereocenters. The van der Waals surface area contributed by atoms with Gasteiger partial charge in [-0.2, -0.15) is 0 Å². The second kappa shape index (κ2) is 7.92. The average molecular weight is 341 g/mol. The van der Waals surface area contributed by atoms with E-state index in [1.54, 1.807) is 0 Å². The lowest BCUT2D eigenvalue weighted by Crippen LogP contribution is -2.24. The van der Waals surface area contributed by atoms with Crippen LogP contribution in [0.5, 0.6) is 0 Å². The molecule has 7 nitrogen and oxygen atoms in total. The van der Waals surface area contributed by atoms with Gasteiger partial charge in [-0.05, 0) is 25.3 Å². The molecule has 1 fully saturated rings. The highest BCUT2D eigenvalue weighted by molar-refractivity contribution is 5.69. The Bertz CT molecular complexity index is 717. The number of benzene rings is 1. The molecule has 1 saturated carbocycles. The molecule has 0 radical (unpaired) electrons. The van der Waals surface area contributed by atoms with Gasteiger partial charge in [0.15, 0.2) is 0 Å². The fraction of sp³-hybridized carbons (Fsp3) is 0.444. The summed E-state index contributed by atoms with van der Waals surface area (Å²) < 4.78 is 0. The third-order valence-electron chi connectivity index (χ3n) is 4.60. The molecule has 1 aliphatic carbocycles. The molecule has 1 unspecified atom stereocenters. The van der Waals surface area contributed by atoms with E-state index in [0.717, 1.165) is 31.2 Å². The van der Waals surface area contributed by atoms with Gasteiger partial charge in [-0.1, -0.05) is 49.6 Å². The summed E-state index contributed by atoms with van der Waals surface area (Å²) in [6.07, 6.45) is 6.93. The minimum atomic E-state index is -0.412. The number of nitro groups is 1. The molecule has 0 aliphatic heterocycles. The van der Waals surface area contributed by atoms with Crippen LogP contribution in [0.3, 0.4) is 0 Å². The molecule has 0 spiro atoms. The molecule has 1 heterocycles. The first kappa shape index (κ1) is 17.1. The highest BCUT2D eigenvalue weighted by Gasteiger charge is 2.26. The van der Waals surface area contributed by atoms with Gasteiger partial charge in [0.2, 0.25) is 11.6 Å². The number of nitrogens with one attached hydrogen (secondary N) is 2. The van der Waals surface area contributed by atoms with Crippen molar-refractivity contribution >= 4 is 17.3 Å². The van der Waals surface area contributed by atoms with E-state index in [-0.39, 0.29) is 23.6 Å². The largest absolute Gasteiger partial charge is 0.361 e. The van der Waals surface area contributed by atoms with Gasteiger partial charge in [0, 0.05) is 6.04 Å². The minimum absolute atomic E-state index is 0.0872. The van der Waals surface area contributed by atoms with Crippen molar-refractivity contribution in [2.24, 2.45) is 0 Å². The fourth-order valence-corrected chi connectivity index (χ4v) is 3.23. The second-order valence-corrected chi connectivity index (χ2v) is 6.43. The normalized spacial score (nSPS) is 16.2. The van der Waals surface area contributed by atoms with Gasteiger partial charge >= 0.3 is 5.69 Å². The molecule has 132 valence electrons. The summed E-state index contributed by atoms with van der Waals surface area (Å²) in [5.41, 5.74) is 0.952. The van der Waals surface area contributed by atoms with Crippen molar-refractivity contribution in [2.45, 2.75) is 51.1 Å². The SMILES string of the molecule is CC(Nc1ncnc(NC2CCCCC2)c1[N+](=O)[O-])c1ccccc1. The monoisotopic (exact) mass is 341 g/mol. The summed E-state index contributed by atoms with van der Waals surface area (Å²) in [5, 5.41) is 18.1. The Labute approximate surface area is 147 Å². The number of anilines is 2. The molecule has 3 rings (SSSR count). The van der Waals surface area contributed by atoms with Crippen LogP contribution in [0.4, 0.5) is 17.3 Å². The molecule has 25 heavy (non-hydrogen) atoms. The molecule has 2 aromatic rings. The van der Waals surface area contributed by atoms with Crippen LogP contribution in [0.1, 0.15) is 50.6 Å². The maximum Gasteiger partial charge on any atom is 0.353 e. The molecule has 0 amide bonds. The second-order valence-electron chi connectivity index (χ2n) is 6.43. The Balaban J connectivity index is 1.83. The fourth-order valence-electron chi connectivity index (χ4n) is 3.23. The quantitative estimate of drug-likeness (QED) is 0.601. The Hall–Kier alpha value is -2.70. The molecule has 0 bridgehead atoms. The van der Waals surface area contributed by atoms with Crippen LogP contribution in [-0.4, -0.2) is 20.9 Å². The van der Waals surface area contributed by atoms with Crippen LogP contribution in [0, 0.1) is 10.1 Å². The Morgan fingerprint density at radius 3 is 2.48 bits per heavy atom. The van der Waals surface area contributed by atoms with E-state index in [4.69, 9.17) is 0 Å². The average Bonchev–Trinajstić information content (AvgIpc) is 2.63. The third kappa shape index (κ3) is 4.23. The van der Waals surface area contributed by atoms with Gasteiger partial charge in [0.1, 0.15) is 6.33 Å². The van der Waals surface area contributed by atoms with Crippen molar-refractivity contribution in [3.8, 4) is 0 Å². The molecule has 1 aromatic carbocycles. The molecule has 0 saturated heterocycles. The first-order valence-corrected chi connectivity index (χ1v) is 8.72. The number of hydrogen-bond donors (Lipinski definition) is 2. The van der Waals surface area contributed by atoms with Crippen LogP contribution < -0.4 is 10.6 Å². The van der Waals surface area contributed by atoms with Crippen molar-refractivity contribution in [3.63, 3.8) is 0 Å². The van der Waals surface area contributed by atoms with Crippen molar-refractivity contribution in [1.29, 1.82) is 0 Å². The highest BCUT2D eigenvalue weighted by Crippen LogP contribution is 2.33. The maximum atomic E-state index is 11.6. The molecule has 7 heteroatoms. The Kier molecular flexibility index (Phi) is 5.42. The Morgan fingerprint density at radius 1 is 1.12 bits per heavy atom. The third-order valence-corrected chi connectivity index (χ3v) is 4.60. The smallest absolute Gasteiger partial charge is 0.353 e. The topological polar surface area (TPSA) is 93.0 Å². The minimum Gasteiger partial charge on any atom is -0.361 e. The van der Waals surface area contributed by atoms with E-state index in [2.05, 4.69) is 20.6 Å². The molecule has 2 N–H and O–H groups in total. The summed E-state index contributed by atoms with van der Waals surface area (Å²) in [6, 6.07) is 9.92. The zero-order chi connectivity index (χ0) is 17.6.